The highest BCUT2D eigenvalue weighted by atomic mass is 16.3. The largest absolute Gasteiger partial charge is 0.459 e. The Labute approximate surface area is 169 Å². The topological polar surface area (TPSA) is 91.7 Å². The van der Waals surface area contributed by atoms with E-state index in [-0.39, 0.29) is 24.4 Å². The molecule has 1 aromatic heterocycles. The first-order valence-corrected chi connectivity index (χ1v) is 10.3. The minimum atomic E-state index is -0.826. The number of hydrogen-bond donors (Lipinski definition) is 2. The summed E-state index contributed by atoms with van der Waals surface area (Å²) in [4.78, 5) is 38.9. The fourth-order valence-corrected chi connectivity index (χ4v) is 4.45. The second-order valence-electron chi connectivity index (χ2n) is 8.23. The first kappa shape index (κ1) is 19.5. The fourth-order valence-electron chi connectivity index (χ4n) is 4.45. The third kappa shape index (κ3) is 3.61. The van der Waals surface area contributed by atoms with E-state index in [1.807, 2.05) is 37.3 Å². The number of amides is 4. The maximum Gasteiger partial charge on any atom is 0.325 e. The molecular formula is C22H27N3O4. The molecule has 2 aliphatic rings. The van der Waals surface area contributed by atoms with Crippen LogP contribution in [0.4, 0.5) is 4.79 Å². The van der Waals surface area contributed by atoms with E-state index in [2.05, 4.69) is 17.6 Å². The lowest BCUT2D eigenvalue weighted by atomic mass is 9.75. The van der Waals surface area contributed by atoms with E-state index in [0.717, 1.165) is 35.1 Å². The first-order chi connectivity index (χ1) is 13.9. The molecule has 29 heavy (non-hydrogen) atoms. The number of nitrogens with zero attached hydrogens (tertiary/aromatic N) is 1. The first-order valence-electron chi connectivity index (χ1n) is 10.3. The maximum atomic E-state index is 12.9. The Kier molecular flexibility index (Phi) is 5.06. The van der Waals surface area contributed by atoms with Gasteiger partial charge in [-0.3, -0.25) is 14.5 Å². The summed E-state index contributed by atoms with van der Waals surface area (Å²) < 4.78 is 5.78. The van der Waals surface area contributed by atoms with Crippen molar-refractivity contribution in [3.05, 3.63) is 36.1 Å². The molecule has 0 bridgehead atoms. The minimum Gasteiger partial charge on any atom is -0.459 e. The summed E-state index contributed by atoms with van der Waals surface area (Å²) in [6, 6.07) is 8.66. The summed E-state index contributed by atoms with van der Waals surface area (Å²) in [6.45, 7) is 3.68. The molecule has 2 N–H and O–H groups in total. The van der Waals surface area contributed by atoms with E-state index in [4.69, 9.17) is 4.42 Å². The van der Waals surface area contributed by atoms with Crippen LogP contribution in [0.5, 0.6) is 0 Å². The average Bonchev–Trinajstić information content (AvgIpc) is 3.24. The quantitative estimate of drug-likeness (QED) is 0.756. The second kappa shape index (κ2) is 7.54. The number of hydrogen-bond acceptors (Lipinski definition) is 4. The van der Waals surface area contributed by atoms with Crippen LogP contribution in [0.3, 0.4) is 0 Å². The van der Waals surface area contributed by atoms with Crippen molar-refractivity contribution in [2.45, 2.75) is 57.5 Å². The highest BCUT2D eigenvalue weighted by Gasteiger charge is 2.52. The molecule has 1 unspecified atom stereocenters. The van der Waals surface area contributed by atoms with Crippen molar-refractivity contribution in [2.75, 3.05) is 6.54 Å². The van der Waals surface area contributed by atoms with Gasteiger partial charge in [-0.15, -0.1) is 0 Å². The summed E-state index contributed by atoms with van der Waals surface area (Å²) in [6.07, 6.45) is 4.22. The number of urea groups is 1. The van der Waals surface area contributed by atoms with Crippen molar-refractivity contribution in [1.29, 1.82) is 0 Å². The van der Waals surface area contributed by atoms with Crippen LogP contribution in [0.2, 0.25) is 0 Å². The monoisotopic (exact) mass is 397 g/mol. The van der Waals surface area contributed by atoms with Crippen molar-refractivity contribution in [2.24, 2.45) is 5.92 Å². The van der Waals surface area contributed by atoms with Gasteiger partial charge in [-0.1, -0.05) is 31.5 Å². The Balaban J connectivity index is 1.39. The number of benzene rings is 1. The summed E-state index contributed by atoms with van der Waals surface area (Å²) >= 11 is 0. The molecular weight excluding hydrogens is 370 g/mol. The molecule has 2 fully saturated rings. The molecule has 1 saturated heterocycles. The Morgan fingerprint density at radius 2 is 2.03 bits per heavy atom. The lowest BCUT2D eigenvalue weighted by molar-refractivity contribution is -0.136. The Hall–Kier alpha value is -2.83. The molecule has 1 aliphatic carbocycles. The van der Waals surface area contributed by atoms with Gasteiger partial charge in [0.1, 0.15) is 23.4 Å². The summed E-state index contributed by atoms with van der Waals surface area (Å²) in [7, 11) is 0. The number of furan rings is 1. The van der Waals surface area contributed by atoms with Gasteiger partial charge < -0.3 is 15.1 Å². The van der Waals surface area contributed by atoms with Crippen molar-refractivity contribution in [1.82, 2.24) is 15.5 Å². The van der Waals surface area contributed by atoms with E-state index >= 15 is 0 Å². The molecule has 2 aromatic rings. The number of rotatable bonds is 5. The molecule has 7 nitrogen and oxygen atoms in total. The van der Waals surface area contributed by atoms with Gasteiger partial charge in [0.2, 0.25) is 5.91 Å². The van der Waals surface area contributed by atoms with Gasteiger partial charge in [0, 0.05) is 5.39 Å². The van der Waals surface area contributed by atoms with E-state index in [9.17, 15) is 14.4 Å². The van der Waals surface area contributed by atoms with Crippen molar-refractivity contribution in [3.8, 4) is 0 Å². The van der Waals surface area contributed by atoms with Gasteiger partial charge in [0.15, 0.2) is 0 Å². The number of imide groups is 1. The van der Waals surface area contributed by atoms with Gasteiger partial charge in [0.05, 0.1) is 6.04 Å². The van der Waals surface area contributed by atoms with Crippen molar-refractivity contribution < 1.29 is 18.8 Å². The standard InChI is InChI=1S/C22H27N3O4/c1-3-15-8-10-22(11-9-15)20(27)25(21(28)24-22)13-19(26)23-14(2)18-12-16-6-4-5-7-17(16)29-18/h4-7,12,14-15H,3,8-11,13H2,1-2H3,(H,23,26)(H,24,28). The van der Waals surface area contributed by atoms with Crippen LogP contribution in [0, 0.1) is 5.92 Å². The van der Waals surface area contributed by atoms with Gasteiger partial charge in [-0.25, -0.2) is 4.79 Å². The molecule has 4 rings (SSSR count). The predicted octanol–water partition coefficient (Wildman–Crippen LogP) is 3.50. The molecule has 1 aromatic carbocycles. The van der Waals surface area contributed by atoms with E-state index in [1.165, 1.54) is 0 Å². The van der Waals surface area contributed by atoms with Crippen LogP contribution in [-0.4, -0.2) is 34.8 Å². The minimum absolute atomic E-state index is 0.274. The Morgan fingerprint density at radius 1 is 1.31 bits per heavy atom. The Bertz CT molecular complexity index is 909. The van der Waals surface area contributed by atoms with Crippen LogP contribution in [0.15, 0.2) is 34.7 Å². The molecule has 154 valence electrons. The van der Waals surface area contributed by atoms with E-state index in [0.29, 0.717) is 24.5 Å². The SMILES string of the molecule is CCC1CCC2(CC1)NC(=O)N(CC(=O)NC(C)c1cc3ccccc3o1)C2=O. The molecule has 1 aliphatic heterocycles. The van der Waals surface area contributed by atoms with Gasteiger partial charge in [-0.2, -0.15) is 0 Å². The number of fused-ring (bicyclic) bond motifs is 1. The van der Waals surface area contributed by atoms with Gasteiger partial charge >= 0.3 is 6.03 Å². The second-order valence-corrected chi connectivity index (χ2v) is 8.23. The fraction of sp³-hybridized carbons (Fsp3) is 0.500. The zero-order valence-electron chi connectivity index (χ0n) is 16.9. The number of nitrogens with one attached hydrogen (secondary N) is 2. The van der Waals surface area contributed by atoms with E-state index in [1.54, 1.807) is 0 Å². The van der Waals surface area contributed by atoms with Crippen LogP contribution in [-0.2, 0) is 9.59 Å². The van der Waals surface area contributed by atoms with Gasteiger partial charge in [0.25, 0.3) is 5.91 Å². The van der Waals surface area contributed by atoms with Gasteiger partial charge in [-0.05, 0) is 50.7 Å². The summed E-state index contributed by atoms with van der Waals surface area (Å²) in [5.41, 5.74) is -0.0739. The van der Waals surface area contributed by atoms with Crippen LogP contribution in [0.25, 0.3) is 11.0 Å². The molecule has 0 radical (unpaired) electrons. The molecule has 4 amide bonds. The predicted molar refractivity (Wildman–Crippen MR) is 108 cm³/mol. The van der Waals surface area contributed by atoms with Crippen molar-refractivity contribution in [3.63, 3.8) is 0 Å². The zero-order chi connectivity index (χ0) is 20.6. The highest BCUT2D eigenvalue weighted by molar-refractivity contribution is 6.09. The van der Waals surface area contributed by atoms with Crippen LogP contribution >= 0.6 is 0 Å². The van der Waals surface area contributed by atoms with Crippen molar-refractivity contribution >= 4 is 28.8 Å². The van der Waals surface area contributed by atoms with Crippen LogP contribution < -0.4 is 10.6 Å². The van der Waals surface area contributed by atoms with Crippen LogP contribution in [0.1, 0.15) is 57.8 Å². The third-order valence-corrected chi connectivity index (χ3v) is 6.33. The third-order valence-electron chi connectivity index (χ3n) is 6.33. The molecule has 2 heterocycles. The lowest BCUT2D eigenvalue weighted by Gasteiger charge is -2.34. The number of carbonyl (C=O) groups excluding carboxylic acids is 3. The summed E-state index contributed by atoms with van der Waals surface area (Å²) in [5.74, 6) is 0.572. The maximum absolute atomic E-state index is 12.9. The molecule has 1 spiro atoms. The Morgan fingerprint density at radius 3 is 2.72 bits per heavy atom. The molecule has 1 saturated carbocycles. The number of carbonyl (C=O) groups is 3. The normalized spacial score (nSPS) is 25.4. The average molecular weight is 397 g/mol. The number of para-hydroxylation sites is 1. The molecule has 1 atom stereocenters. The molecule has 7 heteroatoms. The highest BCUT2D eigenvalue weighted by Crippen LogP contribution is 2.37. The smallest absolute Gasteiger partial charge is 0.325 e. The lowest BCUT2D eigenvalue weighted by Crippen LogP contribution is -2.50. The zero-order valence-corrected chi connectivity index (χ0v) is 16.9. The van der Waals surface area contributed by atoms with E-state index < -0.39 is 11.6 Å². The summed E-state index contributed by atoms with van der Waals surface area (Å²) in [5, 5.41) is 6.65.